The lowest BCUT2D eigenvalue weighted by atomic mass is 9.96. The maximum atomic E-state index is 12.9. The molecule has 144 valence electrons. The number of amides is 1. The molecule has 0 saturated carbocycles. The highest BCUT2D eigenvalue weighted by atomic mass is 16.3. The average molecular weight is 376 g/mol. The summed E-state index contributed by atoms with van der Waals surface area (Å²) in [4.78, 5) is 23.5. The molecule has 0 radical (unpaired) electrons. The summed E-state index contributed by atoms with van der Waals surface area (Å²) >= 11 is 0. The molecule has 28 heavy (non-hydrogen) atoms. The van der Waals surface area contributed by atoms with Crippen molar-refractivity contribution in [3.8, 4) is 0 Å². The van der Waals surface area contributed by atoms with E-state index in [9.17, 15) is 9.90 Å². The minimum atomic E-state index is -0.0135. The van der Waals surface area contributed by atoms with Crippen LogP contribution in [0.25, 0.3) is 0 Å². The van der Waals surface area contributed by atoms with Crippen LogP contribution in [0.1, 0.15) is 46.1 Å². The number of rotatable bonds is 5. The molecule has 6 nitrogen and oxygen atoms in total. The van der Waals surface area contributed by atoms with Gasteiger partial charge in [0.05, 0.1) is 6.61 Å². The van der Waals surface area contributed by atoms with Crippen molar-refractivity contribution in [3.05, 3.63) is 83.7 Å². The summed E-state index contributed by atoms with van der Waals surface area (Å²) in [7, 11) is 0. The van der Waals surface area contributed by atoms with Crippen molar-refractivity contribution >= 4 is 5.91 Å². The number of nitrogens with zero attached hydrogens (tertiary/aromatic N) is 4. The largest absolute Gasteiger partial charge is 0.392 e. The monoisotopic (exact) mass is 376 g/mol. The molecule has 1 N–H and O–H groups in total. The normalized spacial score (nSPS) is 16.9. The van der Waals surface area contributed by atoms with Crippen molar-refractivity contribution in [1.29, 1.82) is 0 Å². The van der Waals surface area contributed by atoms with Gasteiger partial charge in [-0.15, -0.1) is 0 Å². The van der Waals surface area contributed by atoms with Crippen molar-refractivity contribution in [1.82, 2.24) is 19.4 Å². The second-order valence-corrected chi connectivity index (χ2v) is 7.21. The minimum absolute atomic E-state index is 0.0135. The Morgan fingerprint density at radius 2 is 1.86 bits per heavy atom. The summed E-state index contributed by atoms with van der Waals surface area (Å²) in [6, 6.07) is 11.2. The number of hydrogen-bond donors (Lipinski definition) is 1. The molecule has 3 aromatic rings. The van der Waals surface area contributed by atoms with Crippen LogP contribution in [0.2, 0.25) is 0 Å². The van der Waals surface area contributed by atoms with E-state index in [1.165, 1.54) is 5.56 Å². The zero-order chi connectivity index (χ0) is 19.3. The van der Waals surface area contributed by atoms with E-state index in [1.807, 2.05) is 29.4 Å². The summed E-state index contributed by atoms with van der Waals surface area (Å²) in [5.41, 5.74) is 2.66. The van der Waals surface area contributed by atoms with Crippen LogP contribution in [0, 0.1) is 0 Å². The highest BCUT2D eigenvalue weighted by Crippen LogP contribution is 2.27. The van der Waals surface area contributed by atoms with E-state index in [0.29, 0.717) is 12.1 Å². The summed E-state index contributed by atoms with van der Waals surface area (Å²) in [6.07, 6.45) is 9.44. The molecule has 0 unspecified atom stereocenters. The van der Waals surface area contributed by atoms with E-state index in [0.717, 1.165) is 37.3 Å². The highest BCUT2D eigenvalue weighted by Gasteiger charge is 2.28. The number of aliphatic hydroxyl groups is 1. The maximum absolute atomic E-state index is 12.9. The van der Waals surface area contributed by atoms with Gasteiger partial charge in [0.2, 0.25) is 0 Å². The first-order valence-corrected chi connectivity index (χ1v) is 9.63. The Morgan fingerprint density at radius 1 is 1.07 bits per heavy atom. The first-order valence-electron chi connectivity index (χ1n) is 9.63. The molecule has 1 atom stereocenters. The van der Waals surface area contributed by atoms with Crippen LogP contribution in [0.5, 0.6) is 0 Å². The summed E-state index contributed by atoms with van der Waals surface area (Å²) < 4.78 is 2.17. The quantitative estimate of drug-likeness (QED) is 0.743. The number of imidazole rings is 1. The average Bonchev–Trinajstić information content (AvgIpc) is 3.22. The molecule has 1 aromatic carbocycles. The Balaban J connectivity index is 1.48. The molecule has 1 aliphatic heterocycles. The first-order chi connectivity index (χ1) is 13.7. The number of aromatic nitrogens is 3. The molecular formula is C22H24N4O2. The zero-order valence-corrected chi connectivity index (χ0v) is 15.7. The Bertz CT molecular complexity index is 921. The molecule has 0 bridgehead atoms. The third-order valence-corrected chi connectivity index (χ3v) is 5.31. The molecule has 0 aliphatic carbocycles. The Hall–Kier alpha value is -2.99. The van der Waals surface area contributed by atoms with Gasteiger partial charge in [-0.05, 0) is 48.2 Å². The van der Waals surface area contributed by atoms with E-state index in [2.05, 4.69) is 14.5 Å². The van der Waals surface area contributed by atoms with Crippen molar-refractivity contribution in [2.24, 2.45) is 0 Å². The second-order valence-electron chi connectivity index (χ2n) is 7.21. The van der Waals surface area contributed by atoms with Gasteiger partial charge in [-0.25, -0.2) is 4.98 Å². The lowest BCUT2D eigenvalue weighted by Crippen LogP contribution is -2.39. The number of pyridine rings is 1. The molecule has 4 rings (SSSR count). The van der Waals surface area contributed by atoms with Crippen LogP contribution in [0.15, 0.2) is 61.2 Å². The molecule has 1 aliphatic rings. The van der Waals surface area contributed by atoms with Crippen molar-refractivity contribution in [2.45, 2.75) is 31.9 Å². The van der Waals surface area contributed by atoms with Gasteiger partial charge in [0, 0.05) is 55.9 Å². The van der Waals surface area contributed by atoms with Gasteiger partial charge in [-0.2, -0.15) is 0 Å². The Labute approximate surface area is 164 Å². The standard InChI is InChI=1S/C22H24N4O2/c27-16-18-3-5-19(6-4-18)22(28)26-12-1-2-20(15-26)21-24-11-13-25(21)14-17-7-9-23-10-8-17/h3-11,13,20,27H,1-2,12,14-16H2/t20-/m0/s1. The first kappa shape index (κ1) is 18.4. The van der Waals surface area contributed by atoms with Crippen molar-refractivity contribution in [3.63, 3.8) is 0 Å². The number of benzene rings is 1. The van der Waals surface area contributed by atoms with Gasteiger partial charge in [0.15, 0.2) is 0 Å². The lowest BCUT2D eigenvalue weighted by molar-refractivity contribution is 0.0703. The maximum Gasteiger partial charge on any atom is 0.253 e. The molecule has 1 amide bonds. The van der Waals surface area contributed by atoms with Crippen LogP contribution in [-0.2, 0) is 13.2 Å². The van der Waals surface area contributed by atoms with E-state index in [1.54, 1.807) is 36.7 Å². The van der Waals surface area contributed by atoms with Crippen molar-refractivity contribution in [2.75, 3.05) is 13.1 Å². The zero-order valence-electron chi connectivity index (χ0n) is 15.7. The fourth-order valence-electron chi connectivity index (χ4n) is 3.81. The summed E-state index contributed by atoms with van der Waals surface area (Å²) in [5, 5.41) is 9.18. The minimum Gasteiger partial charge on any atom is -0.392 e. The fraction of sp³-hybridized carbons (Fsp3) is 0.318. The third kappa shape index (κ3) is 3.97. The summed E-state index contributed by atoms with van der Waals surface area (Å²) in [6.45, 7) is 2.18. The number of carbonyl (C=O) groups is 1. The molecular weight excluding hydrogens is 352 g/mol. The van der Waals surface area contributed by atoms with Crippen LogP contribution in [-0.4, -0.2) is 43.5 Å². The summed E-state index contributed by atoms with van der Waals surface area (Å²) in [5.74, 6) is 1.30. The van der Waals surface area contributed by atoms with E-state index in [4.69, 9.17) is 0 Å². The number of piperidine rings is 1. The number of carbonyl (C=O) groups excluding carboxylic acids is 1. The predicted molar refractivity (Wildman–Crippen MR) is 106 cm³/mol. The third-order valence-electron chi connectivity index (χ3n) is 5.31. The van der Waals surface area contributed by atoms with Crippen LogP contribution in [0.3, 0.4) is 0 Å². The van der Waals surface area contributed by atoms with Gasteiger partial charge in [0.25, 0.3) is 5.91 Å². The van der Waals surface area contributed by atoms with E-state index in [-0.39, 0.29) is 18.4 Å². The second kappa shape index (κ2) is 8.35. The lowest BCUT2D eigenvalue weighted by Gasteiger charge is -2.33. The number of likely N-dealkylation sites (tertiary alicyclic amines) is 1. The van der Waals surface area contributed by atoms with Crippen LogP contribution in [0.4, 0.5) is 0 Å². The van der Waals surface area contributed by atoms with E-state index < -0.39 is 0 Å². The van der Waals surface area contributed by atoms with Crippen LogP contribution >= 0.6 is 0 Å². The van der Waals surface area contributed by atoms with Gasteiger partial charge in [0.1, 0.15) is 5.82 Å². The van der Waals surface area contributed by atoms with Gasteiger partial charge in [-0.3, -0.25) is 9.78 Å². The Morgan fingerprint density at radius 3 is 2.61 bits per heavy atom. The van der Waals surface area contributed by atoms with Gasteiger partial charge < -0.3 is 14.6 Å². The molecule has 3 heterocycles. The number of hydrogen-bond acceptors (Lipinski definition) is 4. The van der Waals surface area contributed by atoms with Gasteiger partial charge >= 0.3 is 0 Å². The van der Waals surface area contributed by atoms with Crippen LogP contribution < -0.4 is 0 Å². The van der Waals surface area contributed by atoms with E-state index >= 15 is 0 Å². The Kier molecular flexibility index (Phi) is 5.48. The molecule has 2 aromatic heterocycles. The topological polar surface area (TPSA) is 71.2 Å². The molecule has 1 fully saturated rings. The molecule has 6 heteroatoms. The fourth-order valence-corrected chi connectivity index (χ4v) is 3.81. The van der Waals surface area contributed by atoms with Crippen molar-refractivity contribution < 1.29 is 9.90 Å². The smallest absolute Gasteiger partial charge is 0.253 e. The number of aliphatic hydroxyl groups excluding tert-OH is 1. The highest BCUT2D eigenvalue weighted by molar-refractivity contribution is 5.94. The SMILES string of the molecule is O=C(c1ccc(CO)cc1)N1CCC[C@H](c2nccn2Cc2ccncc2)C1. The van der Waals surface area contributed by atoms with Gasteiger partial charge in [-0.1, -0.05) is 12.1 Å². The molecule has 0 spiro atoms. The molecule has 1 saturated heterocycles. The predicted octanol–water partition coefficient (Wildman–Crippen LogP) is 2.84.